The highest BCUT2D eigenvalue weighted by atomic mass is 35.5. The molecule has 0 spiro atoms. The standard InChI is InChI=1S/C33H27ClN4O6S/c1-41-24-11-9-23(10-12-24)38-33-30(31(36-38)20-4-7-22(34)8-5-20)32(21-6-13-26-27(15-21)44-19-43-26)45-18-29(40)37(33)17-28(39)35-16-25-3-2-14-42-25/h2-15,32H,16-19H2,1H3,(H,35,39)/t32-/m0/s1. The number of hydrogen-bond acceptors (Lipinski definition) is 8. The van der Waals surface area contributed by atoms with Crippen molar-refractivity contribution in [2.75, 3.05) is 31.1 Å². The van der Waals surface area contributed by atoms with Gasteiger partial charge in [-0.05, 0) is 66.2 Å². The minimum atomic E-state index is -0.340. The molecule has 12 heteroatoms. The lowest BCUT2D eigenvalue weighted by atomic mass is 9.99. The summed E-state index contributed by atoms with van der Waals surface area (Å²) < 4.78 is 23.8. The molecule has 2 aromatic heterocycles. The highest BCUT2D eigenvalue weighted by molar-refractivity contribution is 8.00. The van der Waals surface area contributed by atoms with E-state index in [1.165, 1.54) is 16.7 Å². The van der Waals surface area contributed by atoms with E-state index in [4.69, 9.17) is 35.3 Å². The van der Waals surface area contributed by atoms with Gasteiger partial charge in [0.2, 0.25) is 18.6 Å². The summed E-state index contributed by atoms with van der Waals surface area (Å²) in [5.41, 5.74) is 3.85. The highest BCUT2D eigenvalue weighted by Gasteiger charge is 2.38. The fourth-order valence-corrected chi connectivity index (χ4v) is 6.70. The SMILES string of the molecule is COc1ccc(-n2nc(-c3ccc(Cl)cc3)c3c2N(CC(=O)NCc2ccco2)C(=O)CS[C@H]3c2ccc3c(c2)OCO3)cc1. The summed E-state index contributed by atoms with van der Waals surface area (Å²) in [4.78, 5) is 28.8. The molecular formula is C33H27ClN4O6S. The minimum Gasteiger partial charge on any atom is -0.497 e. The number of aromatic nitrogens is 2. The molecule has 1 N–H and O–H groups in total. The number of methoxy groups -OCH3 is 1. The second-order valence-corrected chi connectivity index (χ2v) is 11.9. The molecule has 0 radical (unpaired) electrons. The first-order valence-electron chi connectivity index (χ1n) is 14.1. The first kappa shape index (κ1) is 28.9. The predicted molar refractivity (Wildman–Crippen MR) is 170 cm³/mol. The lowest BCUT2D eigenvalue weighted by Gasteiger charge is -2.23. The topological polar surface area (TPSA) is 108 Å². The van der Waals surface area contributed by atoms with Crippen molar-refractivity contribution in [1.82, 2.24) is 15.1 Å². The molecule has 5 aromatic rings. The Bertz CT molecular complexity index is 1860. The first-order chi connectivity index (χ1) is 22.0. The molecular weight excluding hydrogens is 616 g/mol. The van der Waals surface area contributed by atoms with Crippen LogP contribution in [0.15, 0.2) is 89.5 Å². The van der Waals surface area contributed by atoms with E-state index in [-0.39, 0.29) is 42.7 Å². The second kappa shape index (κ2) is 12.3. The molecule has 2 amide bonds. The lowest BCUT2D eigenvalue weighted by molar-refractivity contribution is -0.123. The monoisotopic (exact) mass is 642 g/mol. The number of amides is 2. The fraction of sp³-hybridized carbons (Fsp3) is 0.182. The van der Waals surface area contributed by atoms with E-state index in [1.54, 1.807) is 42.3 Å². The molecule has 10 nitrogen and oxygen atoms in total. The maximum absolute atomic E-state index is 14.0. The molecule has 0 saturated carbocycles. The van der Waals surface area contributed by atoms with Crippen molar-refractivity contribution >= 4 is 41.0 Å². The number of carbonyl (C=O) groups is 2. The molecule has 1 atom stereocenters. The molecule has 0 fully saturated rings. The van der Waals surface area contributed by atoms with Crippen molar-refractivity contribution in [3.63, 3.8) is 0 Å². The van der Waals surface area contributed by atoms with E-state index in [2.05, 4.69) is 5.32 Å². The van der Waals surface area contributed by atoms with Gasteiger partial charge in [0.25, 0.3) is 0 Å². The molecule has 45 heavy (non-hydrogen) atoms. The number of furan rings is 1. The normalized spacial score (nSPS) is 15.5. The maximum atomic E-state index is 14.0. The van der Waals surface area contributed by atoms with Crippen LogP contribution in [0.1, 0.15) is 22.1 Å². The molecule has 0 unspecified atom stereocenters. The van der Waals surface area contributed by atoms with E-state index in [1.807, 2.05) is 54.6 Å². The van der Waals surface area contributed by atoms with Gasteiger partial charge in [-0.2, -0.15) is 5.10 Å². The van der Waals surface area contributed by atoms with Gasteiger partial charge in [-0.3, -0.25) is 14.5 Å². The Kier molecular flexibility index (Phi) is 7.86. The van der Waals surface area contributed by atoms with Crippen molar-refractivity contribution < 1.29 is 28.2 Å². The van der Waals surface area contributed by atoms with Crippen molar-refractivity contribution in [1.29, 1.82) is 0 Å². The van der Waals surface area contributed by atoms with Gasteiger partial charge in [0.1, 0.15) is 23.9 Å². The Morgan fingerprint density at radius 1 is 1.07 bits per heavy atom. The Balaban J connectivity index is 1.41. The summed E-state index contributed by atoms with van der Waals surface area (Å²) in [5, 5.41) is 8.23. The van der Waals surface area contributed by atoms with Crippen LogP contribution in [-0.2, 0) is 16.1 Å². The van der Waals surface area contributed by atoms with Gasteiger partial charge >= 0.3 is 0 Å². The van der Waals surface area contributed by atoms with Crippen LogP contribution in [0.3, 0.4) is 0 Å². The van der Waals surface area contributed by atoms with Crippen LogP contribution in [-0.4, -0.2) is 47.8 Å². The van der Waals surface area contributed by atoms with Gasteiger partial charge in [0.05, 0.1) is 42.3 Å². The summed E-state index contributed by atoms with van der Waals surface area (Å²) in [5.74, 6) is 2.64. The van der Waals surface area contributed by atoms with E-state index in [9.17, 15) is 9.59 Å². The quantitative estimate of drug-likeness (QED) is 0.219. The zero-order valence-electron chi connectivity index (χ0n) is 24.1. The summed E-state index contributed by atoms with van der Waals surface area (Å²) in [6.07, 6.45) is 1.55. The third-order valence-electron chi connectivity index (χ3n) is 7.56. The average Bonchev–Trinajstić information content (AvgIpc) is 3.82. The summed E-state index contributed by atoms with van der Waals surface area (Å²) in [6.45, 7) is 0.124. The van der Waals surface area contributed by atoms with Crippen molar-refractivity contribution in [3.8, 4) is 34.2 Å². The number of hydrogen-bond donors (Lipinski definition) is 1. The Morgan fingerprint density at radius 3 is 2.62 bits per heavy atom. The highest BCUT2D eigenvalue weighted by Crippen LogP contribution is 2.50. The number of benzene rings is 3. The van der Waals surface area contributed by atoms with Crippen LogP contribution < -0.4 is 24.4 Å². The molecule has 3 aromatic carbocycles. The van der Waals surface area contributed by atoms with Crippen LogP contribution in [0.2, 0.25) is 5.02 Å². The average molecular weight is 643 g/mol. The van der Waals surface area contributed by atoms with E-state index in [0.717, 1.165) is 16.7 Å². The smallest absolute Gasteiger partial charge is 0.240 e. The molecule has 0 aliphatic carbocycles. The number of anilines is 1. The van der Waals surface area contributed by atoms with Gasteiger partial charge in [-0.25, -0.2) is 4.68 Å². The number of ether oxygens (including phenoxy) is 3. The number of nitrogens with zero attached hydrogens (tertiary/aromatic N) is 3. The van der Waals surface area contributed by atoms with Gasteiger partial charge < -0.3 is 23.9 Å². The van der Waals surface area contributed by atoms with Gasteiger partial charge in [0, 0.05) is 16.1 Å². The lowest BCUT2D eigenvalue weighted by Crippen LogP contribution is -2.42. The van der Waals surface area contributed by atoms with Gasteiger partial charge in [-0.1, -0.05) is 29.8 Å². The molecule has 0 saturated heterocycles. The van der Waals surface area contributed by atoms with Crippen molar-refractivity contribution in [3.05, 3.63) is 107 Å². The molecule has 2 aliphatic heterocycles. The number of fused-ring (bicyclic) bond motifs is 2. The van der Waals surface area contributed by atoms with Crippen molar-refractivity contribution in [2.24, 2.45) is 0 Å². The Hall–Kier alpha value is -4.87. The fourth-order valence-electron chi connectivity index (χ4n) is 5.38. The van der Waals surface area contributed by atoms with E-state index >= 15 is 0 Å². The molecule has 2 aliphatic rings. The van der Waals surface area contributed by atoms with Crippen LogP contribution in [0.5, 0.6) is 17.2 Å². The number of carbonyl (C=O) groups excluding carboxylic acids is 2. The number of rotatable bonds is 8. The summed E-state index contributed by atoms with van der Waals surface area (Å²) >= 11 is 7.74. The third-order valence-corrected chi connectivity index (χ3v) is 9.07. The zero-order chi connectivity index (χ0) is 30.9. The van der Waals surface area contributed by atoms with Crippen LogP contribution in [0.25, 0.3) is 16.9 Å². The van der Waals surface area contributed by atoms with Crippen LogP contribution in [0, 0.1) is 0 Å². The zero-order valence-corrected chi connectivity index (χ0v) is 25.6. The maximum Gasteiger partial charge on any atom is 0.240 e. The molecule has 4 heterocycles. The van der Waals surface area contributed by atoms with E-state index in [0.29, 0.717) is 45.2 Å². The van der Waals surface area contributed by atoms with E-state index < -0.39 is 0 Å². The van der Waals surface area contributed by atoms with Crippen LogP contribution in [0.4, 0.5) is 5.82 Å². The molecule has 0 bridgehead atoms. The summed E-state index contributed by atoms with van der Waals surface area (Å²) in [6, 6.07) is 24.1. The van der Waals surface area contributed by atoms with Gasteiger partial charge in [0.15, 0.2) is 11.5 Å². The largest absolute Gasteiger partial charge is 0.497 e. The number of thioether (sulfide) groups is 1. The van der Waals surface area contributed by atoms with Gasteiger partial charge in [-0.15, -0.1) is 11.8 Å². The molecule has 7 rings (SSSR count). The third kappa shape index (κ3) is 5.72. The first-order valence-corrected chi connectivity index (χ1v) is 15.5. The second-order valence-electron chi connectivity index (χ2n) is 10.3. The minimum absolute atomic E-state index is 0.127. The summed E-state index contributed by atoms with van der Waals surface area (Å²) in [7, 11) is 1.60. The van der Waals surface area contributed by atoms with Crippen molar-refractivity contribution in [2.45, 2.75) is 11.8 Å². The number of halogens is 1. The molecule has 228 valence electrons. The number of nitrogens with one attached hydrogen (secondary N) is 1. The Labute approximate surface area is 267 Å². The van der Waals surface area contributed by atoms with Crippen LogP contribution >= 0.6 is 23.4 Å². The predicted octanol–water partition coefficient (Wildman–Crippen LogP) is 6.01. The Morgan fingerprint density at radius 2 is 1.87 bits per heavy atom.